The number of carbonyl (C=O) groups is 2. The first-order valence-electron chi connectivity index (χ1n) is 10.1. The SMILES string of the molecule is COc1ccc(C2C(C(=O)c3ccco3)=C(O)C(=O)N2c2nc3ccc(F)cc3s2)cc1OC. The third-order valence-electron chi connectivity index (χ3n) is 5.47. The van der Waals surface area contributed by atoms with Crippen LogP contribution in [0.4, 0.5) is 9.52 Å². The second-order valence-electron chi connectivity index (χ2n) is 7.37. The fourth-order valence-electron chi connectivity index (χ4n) is 3.90. The number of nitrogens with zero attached hydrogens (tertiary/aromatic N) is 2. The van der Waals surface area contributed by atoms with Crippen LogP contribution in [-0.4, -0.2) is 36.0 Å². The molecule has 0 bridgehead atoms. The minimum Gasteiger partial charge on any atom is -0.503 e. The lowest BCUT2D eigenvalue weighted by Gasteiger charge is -2.25. The van der Waals surface area contributed by atoms with Gasteiger partial charge >= 0.3 is 0 Å². The number of halogens is 1. The average Bonchev–Trinajstić information content (AvgIpc) is 3.57. The highest BCUT2D eigenvalue weighted by molar-refractivity contribution is 7.22. The highest BCUT2D eigenvalue weighted by Crippen LogP contribution is 2.45. The van der Waals surface area contributed by atoms with Crippen LogP contribution in [0, 0.1) is 5.82 Å². The number of fused-ring (bicyclic) bond motifs is 1. The summed E-state index contributed by atoms with van der Waals surface area (Å²) in [7, 11) is 2.95. The minimum absolute atomic E-state index is 0.0342. The van der Waals surface area contributed by atoms with Gasteiger partial charge in [0.05, 0.1) is 42.3 Å². The number of Topliss-reactive ketones (excluding diaryl/α,β-unsaturated/α-hetero) is 1. The van der Waals surface area contributed by atoms with E-state index < -0.39 is 29.3 Å². The molecule has 1 aliphatic rings. The Morgan fingerprint density at radius 2 is 1.94 bits per heavy atom. The Morgan fingerprint density at radius 1 is 1.15 bits per heavy atom. The largest absolute Gasteiger partial charge is 0.503 e. The number of benzene rings is 2. The van der Waals surface area contributed by atoms with Gasteiger partial charge in [-0.2, -0.15) is 0 Å². The molecule has 5 rings (SSSR count). The van der Waals surface area contributed by atoms with Gasteiger partial charge in [-0.1, -0.05) is 17.4 Å². The summed E-state index contributed by atoms with van der Waals surface area (Å²) < 4.78 is 30.2. The Kier molecular flexibility index (Phi) is 5.29. The van der Waals surface area contributed by atoms with Gasteiger partial charge in [0.25, 0.3) is 5.91 Å². The van der Waals surface area contributed by atoms with Crippen molar-refractivity contribution < 1.29 is 33.0 Å². The monoisotopic (exact) mass is 480 g/mol. The summed E-state index contributed by atoms with van der Waals surface area (Å²) in [6.07, 6.45) is 1.33. The van der Waals surface area contributed by atoms with Crippen molar-refractivity contribution in [3.63, 3.8) is 0 Å². The molecular weight excluding hydrogens is 463 g/mol. The predicted octanol–water partition coefficient (Wildman–Crippen LogP) is 4.83. The van der Waals surface area contributed by atoms with Crippen LogP contribution in [0.5, 0.6) is 11.5 Å². The number of aliphatic hydroxyl groups is 1. The summed E-state index contributed by atoms with van der Waals surface area (Å²) in [5.74, 6) is -1.83. The maximum Gasteiger partial charge on any atom is 0.296 e. The van der Waals surface area contributed by atoms with E-state index in [2.05, 4.69) is 4.98 Å². The number of methoxy groups -OCH3 is 2. The third-order valence-corrected chi connectivity index (χ3v) is 6.48. The van der Waals surface area contributed by atoms with E-state index in [0.717, 1.165) is 11.3 Å². The van der Waals surface area contributed by atoms with Crippen LogP contribution < -0.4 is 14.4 Å². The fourth-order valence-corrected chi connectivity index (χ4v) is 4.92. The Hall–Kier alpha value is -4.18. The van der Waals surface area contributed by atoms with E-state index in [4.69, 9.17) is 13.9 Å². The summed E-state index contributed by atoms with van der Waals surface area (Å²) in [6, 6.07) is 10.9. The zero-order chi connectivity index (χ0) is 24.0. The molecule has 0 saturated heterocycles. The van der Waals surface area contributed by atoms with Crippen LogP contribution in [0.3, 0.4) is 0 Å². The van der Waals surface area contributed by atoms with E-state index >= 15 is 0 Å². The first-order valence-corrected chi connectivity index (χ1v) is 10.9. The highest BCUT2D eigenvalue weighted by Gasteiger charge is 2.46. The normalized spacial score (nSPS) is 15.9. The number of amides is 1. The average molecular weight is 480 g/mol. The summed E-state index contributed by atoms with van der Waals surface area (Å²) in [6.45, 7) is 0. The number of rotatable bonds is 6. The number of hydrogen-bond acceptors (Lipinski definition) is 8. The minimum atomic E-state index is -1.05. The molecule has 1 atom stereocenters. The van der Waals surface area contributed by atoms with Crippen LogP contribution in [-0.2, 0) is 4.79 Å². The van der Waals surface area contributed by atoms with E-state index in [0.29, 0.717) is 27.3 Å². The molecular formula is C24H17FN2O6S. The molecule has 10 heteroatoms. The van der Waals surface area contributed by atoms with Gasteiger partial charge in [-0.25, -0.2) is 9.37 Å². The van der Waals surface area contributed by atoms with Crippen molar-refractivity contribution in [3.05, 3.63) is 83.3 Å². The molecule has 34 heavy (non-hydrogen) atoms. The topological polar surface area (TPSA) is 102 Å². The van der Waals surface area contributed by atoms with Crippen LogP contribution in [0.25, 0.3) is 10.2 Å². The zero-order valence-electron chi connectivity index (χ0n) is 17.9. The van der Waals surface area contributed by atoms with Crippen molar-refractivity contribution >= 4 is 38.4 Å². The first-order chi connectivity index (χ1) is 16.4. The number of aromatic nitrogens is 1. The van der Waals surface area contributed by atoms with Gasteiger partial charge < -0.3 is 19.0 Å². The van der Waals surface area contributed by atoms with Gasteiger partial charge in [-0.3, -0.25) is 14.5 Å². The van der Waals surface area contributed by atoms with Crippen molar-refractivity contribution in [3.8, 4) is 11.5 Å². The number of anilines is 1. The molecule has 2 aromatic heterocycles. The van der Waals surface area contributed by atoms with Crippen LogP contribution in [0.2, 0.25) is 0 Å². The predicted molar refractivity (Wildman–Crippen MR) is 122 cm³/mol. The number of carbonyl (C=O) groups excluding carboxylic acids is 2. The molecule has 1 unspecified atom stereocenters. The molecule has 1 amide bonds. The molecule has 4 aromatic rings. The molecule has 1 aliphatic heterocycles. The van der Waals surface area contributed by atoms with Crippen molar-refractivity contribution in [2.24, 2.45) is 0 Å². The molecule has 8 nitrogen and oxygen atoms in total. The summed E-state index contributed by atoms with van der Waals surface area (Å²) in [5, 5.41) is 11.0. The molecule has 0 aliphatic carbocycles. The van der Waals surface area contributed by atoms with Crippen molar-refractivity contribution in [1.82, 2.24) is 4.98 Å². The number of furan rings is 1. The van der Waals surface area contributed by atoms with E-state index in [1.54, 1.807) is 18.2 Å². The molecule has 0 spiro atoms. The Morgan fingerprint density at radius 3 is 2.65 bits per heavy atom. The summed E-state index contributed by atoms with van der Waals surface area (Å²) in [5.41, 5.74) is 0.776. The molecule has 2 aromatic carbocycles. The van der Waals surface area contributed by atoms with Crippen LogP contribution >= 0.6 is 11.3 Å². The van der Waals surface area contributed by atoms with E-state index in [1.165, 1.54) is 55.7 Å². The first kappa shape index (κ1) is 21.7. The molecule has 0 saturated carbocycles. The number of hydrogen-bond donors (Lipinski definition) is 1. The number of ketones is 1. The van der Waals surface area contributed by atoms with E-state index in [1.807, 2.05) is 0 Å². The number of aliphatic hydroxyl groups excluding tert-OH is 1. The number of thiazole rings is 1. The molecule has 0 radical (unpaired) electrons. The van der Waals surface area contributed by atoms with Gasteiger partial charge in [0.1, 0.15) is 5.82 Å². The van der Waals surface area contributed by atoms with E-state index in [-0.39, 0.29) is 16.5 Å². The van der Waals surface area contributed by atoms with Gasteiger partial charge in [-0.15, -0.1) is 0 Å². The lowest BCUT2D eigenvalue weighted by atomic mass is 9.95. The Balaban J connectivity index is 1.70. The van der Waals surface area contributed by atoms with Crippen LogP contribution in [0.15, 0.2) is 70.5 Å². The second kappa shape index (κ2) is 8.31. The Bertz CT molecular complexity index is 1460. The third kappa shape index (κ3) is 3.39. The lowest BCUT2D eigenvalue weighted by Crippen LogP contribution is -2.31. The molecule has 172 valence electrons. The molecule has 1 N–H and O–H groups in total. The number of ether oxygens (including phenoxy) is 2. The van der Waals surface area contributed by atoms with Gasteiger partial charge in [0.15, 0.2) is 28.1 Å². The smallest absolute Gasteiger partial charge is 0.296 e. The van der Waals surface area contributed by atoms with Crippen molar-refractivity contribution in [2.75, 3.05) is 19.1 Å². The van der Waals surface area contributed by atoms with Crippen LogP contribution in [0.1, 0.15) is 22.2 Å². The maximum atomic E-state index is 13.8. The fraction of sp³-hybridized carbons (Fsp3) is 0.125. The van der Waals surface area contributed by atoms with Gasteiger partial charge in [0, 0.05) is 0 Å². The second-order valence-corrected chi connectivity index (χ2v) is 8.38. The van der Waals surface area contributed by atoms with Gasteiger partial charge in [-0.05, 0) is 48.0 Å². The zero-order valence-corrected chi connectivity index (χ0v) is 18.8. The maximum absolute atomic E-state index is 13.8. The molecule has 3 heterocycles. The van der Waals surface area contributed by atoms with Crippen molar-refractivity contribution in [2.45, 2.75) is 6.04 Å². The van der Waals surface area contributed by atoms with E-state index in [9.17, 15) is 19.1 Å². The quantitative estimate of drug-likeness (QED) is 0.395. The standard InChI is InChI=1S/C24H17FN2O6S/c1-31-15-8-5-12(10-17(15)32-2)20-19(21(28)16-4-3-9-33-16)22(29)23(30)27(20)24-26-14-7-6-13(25)11-18(14)34-24/h3-11,20,29H,1-2H3. The lowest BCUT2D eigenvalue weighted by molar-refractivity contribution is -0.117. The Labute approximate surface area is 196 Å². The molecule has 0 fully saturated rings. The highest BCUT2D eigenvalue weighted by atomic mass is 32.1. The summed E-state index contributed by atoms with van der Waals surface area (Å²) >= 11 is 1.07. The van der Waals surface area contributed by atoms with Crippen molar-refractivity contribution in [1.29, 1.82) is 0 Å². The van der Waals surface area contributed by atoms with Gasteiger partial charge in [0.2, 0.25) is 5.78 Å². The summed E-state index contributed by atoms with van der Waals surface area (Å²) in [4.78, 5) is 32.2.